The number of benzene rings is 1. The Kier molecular flexibility index (Phi) is 3.17. The molecule has 0 spiro atoms. The highest BCUT2D eigenvalue weighted by atomic mass is 16.3. The van der Waals surface area contributed by atoms with Crippen molar-refractivity contribution in [2.75, 3.05) is 0 Å². The van der Waals surface area contributed by atoms with Crippen molar-refractivity contribution < 1.29 is 5.11 Å². The maximum atomic E-state index is 10.1. The number of nitrogens with zero attached hydrogens (tertiary/aromatic N) is 1. The summed E-state index contributed by atoms with van der Waals surface area (Å²) in [5.41, 5.74) is 1.37. The lowest BCUT2D eigenvalue weighted by molar-refractivity contribution is 0.0606. The summed E-state index contributed by atoms with van der Waals surface area (Å²) in [6.45, 7) is 1.01. The minimum absolute atomic E-state index is 0.0979. The Labute approximate surface area is 103 Å². The predicted molar refractivity (Wildman–Crippen MR) is 68.7 cm³/mol. The molecule has 1 aromatic rings. The van der Waals surface area contributed by atoms with E-state index in [9.17, 15) is 5.11 Å². The third-order valence-corrected chi connectivity index (χ3v) is 4.09. The Morgan fingerprint density at radius 3 is 2.41 bits per heavy atom. The van der Waals surface area contributed by atoms with Gasteiger partial charge in [0.2, 0.25) is 0 Å². The van der Waals surface area contributed by atoms with Crippen molar-refractivity contribution in [3.05, 3.63) is 35.9 Å². The fraction of sp³-hybridized carbons (Fsp3) is 0.600. The Hall–Kier alpha value is -0.860. The summed E-state index contributed by atoms with van der Waals surface area (Å²) in [6, 6.07) is 11.8. The average Bonchev–Trinajstić information content (AvgIpc) is 3.11. The summed E-state index contributed by atoms with van der Waals surface area (Å²) in [4.78, 5) is 2.55. The first-order valence-corrected chi connectivity index (χ1v) is 6.82. The number of aliphatic hydroxyl groups is 1. The van der Waals surface area contributed by atoms with Crippen molar-refractivity contribution >= 4 is 0 Å². The van der Waals surface area contributed by atoms with Crippen LogP contribution in [-0.4, -0.2) is 28.2 Å². The van der Waals surface area contributed by atoms with Crippen molar-refractivity contribution in [2.24, 2.45) is 0 Å². The van der Waals surface area contributed by atoms with Crippen molar-refractivity contribution in [3.8, 4) is 0 Å². The van der Waals surface area contributed by atoms with Crippen LogP contribution in [0.1, 0.15) is 37.7 Å². The summed E-state index contributed by atoms with van der Waals surface area (Å²) >= 11 is 0. The van der Waals surface area contributed by atoms with Gasteiger partial charge in [-0.2, -0.15) is 0 Å². The Balaban J connectivity index is 1.72. The Morgan fingerprint density at radius 1 is 1.06 bits per heavy atom. The molecule has 1 aromatic carbocycles. The molecule has 0 aromatic heterocycles. The highest BCUT2D eigenvalue weighted by molar-refractivity contribution is 5.15. The van der Waals surface area contributed by atoms with Crippen LogP contribution in [0.4, 0.5) is 0 Å². The van der Waals surface area contributed by atoms with Crippen LogP contribution in [0.25, 0.3) is 0 Å². The minimum Gasteiger partial charge on any atom is -0.391 e. The topological polar surface area (TPSA) is 23.5 Å². The standard InChI is InChI=1S/C15H21NO/c17-15-8-4-7-14(15)16(13-9-10-13)11-12-5-2-1-3-6-12/h1-3,5-6,13-15,17H,4,7-11H2/t14-,15-/m0/s1. The van der Waals surface area contributed by atoms with Gasteiger partial charge in [0.05, 0.1) is 6.10 Å². The van der Waals surface area contributed by atoms with Crippen molar-refractivity contribution in [2.45, 2.75) is 56.8 Å². The number of aliphatic hydroxyl groups excluding tert-OH is 1. The molecule has 2 saturated carbocycles. The van der Waals surface area contributed by atoms with Gasteiger partial charge in [-0.15, -0.1) is 0 Å². The zero-order valence-electron chi connectivity index (χ0n) is 10.3. The van der Waals surface area contributed by atoms with E-state index in [4.69, 9.17) is 0 Å². The molecule has 2 atom stereocenters. The molecule has 2 nitrogen and oxygen atoms in total. The van der Waals surface area contributed by atoms with E-state index in [1.807, 2.05) is 0 Å². The Bertz CT molecular complexity index is 360. The SMILES string of the molecule is O[C@H]1CCC[C@@H]1N(Cc1ccccc1)C1CC1. The molecule has 2 aliphatic carbocycles. The van der Waals surface area contributed by atoms with E-state index in [0.29, 0.717) is 6.04 Å². The quantitative estimate of drug-likeness (QED) is 0.861. The maximum Gasteiger partial charge on any atom is 0.0695 e. The average molecular weight is 231 g/mol. The van der Waals surface area contributed by atoms with E-state index in [1.54, 1.807) is 0 Å². The maximum absolute atomic E-state index is 10.1. The van der Waals surface area contributed by atoms with E-state index in [2.05, 4.69) is 35.2 Å². The monoisotopic (exact) mass is 231 g/mol. The van der Waals surface area contributed by atoms with Crippen LogP contribution < -0.4 is 0 Å². The fourth-order valence-electron chi connectivity index (χ4n) is 3.03. The van der Waals surface area contributed by atoms with E-state index in [0.717, 1.165) is 19.0 Å². The summed E-state index contributed by atoms with van der Waals surface area (Å²) in [7, 11) is 0. The molecule has 2 fully saturated rings. The predicted octanol–water partition coefficient (Wildman–Crippen LogP) is 2.56. The summed E-state index contributed by atoms with van der Waals surface area (Å²) in [5.74, 6) is 0. The first-order valence-electron chi connectivity index (χ1n) is 6.82. The van der Waals surface area contributed by atoms with Gasteiger partial charge in [0.1, 0.15) is 0 Å². The lowest BCUT2D eigenvalue weighted by Crippen LogP contribution is -2.41. The molecule has 2 aliphatic rings. The second-order valence-corrected chi connectivity index (χ2v) is 5.45. The molecule has 0 unspecified atom stereocenters. The molecule has 17 heavy (non-hydrogen) atoms. The zero-order valence-corrected chi connectivity index (χ0v) is 10.3. The minimum atomic E-state index is -0.0979. The molecule has 92 valence electrons. The van der Waals surface area contributed by atoms with Crippen LogP contribution in [0.15, 0.2) is 30.3 Å². The molecular formula is C15H21NO. The molecule has 0 bridgehead atoms. The van der Waals surface area contributed by atoms with Crippen LogP contribution in [0.5, 0.6) is 0 Å². The first kappa shape index (κ1) is 11.2. The second kappa shape index (κ2) is 4.79. The molecule has 0 aliphatic heterocycles. The Morgan fingerprint density at radius 2 is 1.82 bits per heavy atom. The van der Waals surface area contributed by atoms with E-state index >= 15 is 0 Å². The van der Waals surface area contributed by atoms with Gasteiger partial charge in [0.15, 0.2) is 0 Å². The highest BCUT2D eigenvalue weighted by Gasteiger charge is 2.38. The van der Waals surface area contributed by atoms with Gasteiger partial charge in [-0.05, 0) is 37.7 Å². The van der Waals surface area contributed by atoms with Crippen LogP contribution in [0.3, 0.4) is 0 Å². The van der Waals surface area contributed by atoms with Crippen LogP contribution in [0.2, 0.25) is 0 Å². The van der Waals surface area contributed by atoms with E-state index in [1.165, 1.54) is 31.2 Å². The van der Waals surface area contributed by atoms with Crippen molar-refractivity contribution in [1.82, 2.24) is 4.90 Å². The molecule has 0 heterocycles. The van der Waals surface area contributed by atoms with Gasteiger partial charge < -0.3 is 5.11 Å². The molecule has 0 saturated heterocycles. The normalized spacial score (nSPS) is 28.8. The van der Waals surface area contributed by atoms with E-state index in [-0.39, 0.29) is 6.10 Å². The lowest BCUT2D eigenvalue weighted by atomic mass is 10.1. The lowest BCUT2D eigenvalue weighted by Gasteiger charge is -2.31. The summed E-state index contributed by atoms with van der Waals surface area (Å²) in [6.07, 6.45) is 5.88. The largest absolute Gasteiger partial charge is 0.391 e. The zero-order chi connectivity index (χ0) is 11.7. The van der Waals surface area contributed by atoms with Crippen molar-refractivity contribution in [1.29, 1.82) is 0 Å². The smallest absolute Gasteiger partial charge is 0.0695 e. The molecule has 1 N–H and O–H groups in total. The second-order valence-electron chi connectivity index (χ2n) is 5.45. The highest BCUT2D eigenvalue weighted by Crippen LogP contribution is 2.35. The van der Waals surface area contributed by atoms with Gasteiger partial charge in [-0.3, -0.25) is 4.90 Å². The molecule has 0 radical (unpaired) electrons. The van der Waals surface area contributed by atoms with Gasteiger partial charge in [0.25, 0.3) is 0 Å². The number of hydrogen-bond acceptors (Lipinski definition) is 2. The summed E-state index contributed by atoms with van der Waals surface area (Å²) < 4.78 is 0. The van der Waals surface area contributed by atoms with Gasteiger partial charge in [0, 0.05) is 18.6 Å². The first-order chi connectivity index (χ1) is 8.34. The third kappa shape index (κ3) is 2.53. The van der Waals surface area contributed by atoms with Crippen LogP contribution in [-0.2, 0) is 6.54 Å². The van der Waals surface area contributed by atoms with Gasteiger partial charge in [-0.25, -0.2) is 0 Å². The molecule has 0 amide bonds. The van der Waals surface area contributed by atoms with Crippen LogP contribution in [0, 0.1) is 0 Å². The molecule has 3 rings (SSSR count). The van der Waals surface area contributed by atoms with Gasteiger partial charge in [-0.1, -0.05) is 30.3 Å². The fourth-order valence-corrected chi connectivity index (χ4v) is 3.03. The third-order valence-electron chi connectivity index (χ3n) is 4.09. The number of hydrogen-bond donors (Lipinski definition) is 1. The summed E-state index contributed by atoms with van der Waals surface area (Å²) in [5, 5.41) is 10.1. The van der Waals surface area contributed by atoms with Crippen LogP contribution >= 0.6 is 0 Å². The van der Waals surface area contributed by atoms with E-state index < -0.39 is 0 Å². The molecule has 2 heteroatoms. The number of rotatable bonds is 4. The van der Waals surface area contributed by atoms with Crippen molar-refractivity contribution in [3.63, 3.8) is 0 Å². The van der Waals surface area contributed by atoms with Gasteiger partial charge >= 0.3 is 0 Å². The molecular weight excluding hydrogens is 210 g/mol.